The second-order valence-corrected chi connectivity index (χ2v) is 8.88. The van der Waals surface area contributed by atoms with Gasteiger partial charge < -0.3 is 19.5 Å². The van der Waals surface area contributed by atoms with Gasteiger partial charge in [-0.15, -0.1) is 11.3 Å². The number of rotatable bonds is 10. The number of carbonyl (C=O) groups excluding carboxylic acids is 1. The molecule has 32 heavy (non-hydrogen) atoms. The van der Waals surface area contributed by atoms with Crippen molar-refractivity contribution in [1.29, 1.82) is 5.26 Å². The van der Waals surface area contributed by atoms with Crippen LogP contribution < -0.4 is 19.5 Å². The lowest BCUT2D eigenvalue weighted by Crippen LogP contribution is -2.50. The number of thiophene rings is 1. The number of unbranched alkanes of at least 4 members (excludes halogenated alkanes) is 1. The summed E-state index contributed by atoms with van der Waals surface area (Å²) < 4.78 is 18.1. The number of carbonyl (C=O) groups is 1. The smallest absolute Gasteiger partial charge is 0.264 e. The summed E-state index contributed by atoms with van der Waals surface area (Å²) in [6.07, 6.45) is 2.30. The molecule has 0 fully saturated rings. The summed E-state index contributed by atoms with van der Waals surface area (Å²) in [6.45, 7) is 4.48. The number of fused-ring (bicyclic) bond motifs is 1. The van der Waals surface area contributed by atoms with Gasteiger partial charge in [0.1, 0.15) is 5.75 Å². The molecule has 0 aliphatic heterocycles. The topological polar surface area (TPSA) is 80.6 Å². The molecule has 0 aliphatic rings. The van der Waals surface area contributed by atoms with E-state index in [2.05, 4.69) is 24.4 Å². The number of amides is 1. The highest BCUT2D eigenvalue weighted by atomic mass is 32.1. The summed E-state index contributed by atoms with van der Waals surface area (Å²) in [5.74, 6) is 1.71. The van der Waals surface area contributed by atoms with Gasteiger partial charge in [0.15, 0.2) is 17.1 Å². The first-order valence-corrected chi connectivity index (χ1v) is 11.4. The van der Waals surface area contributed by atoms with Crippen molar-refractivity contribution in [2.24, 2.45) is 0 Å². The fourth-order valence-electron chi connectivity index (χ4n) is 3.43. The van der Waals surface area contributed by atoms with Crippen LogP contribution in [0.5, 0.6) is 17.2 Å². The Morgan fingerprint density at radius 3 is 2.44 bits per heavy atom. The molecule has 2 aromatic carbocycles. The van der Waals surface area contributed by atoms with Gasteiger partial charge in [0.05, 0.1) is 25.9 Å². The number of nitriles is 1. The molecule has 0 saturated carbocycles. The zero-order valence-corrected chi connectivity index (χ0v) is 19.7. The maximum Gasteiger partial charge on any atom is 0.264 e. The van der Waals surface area contributed by atoms with Crippen LogP contribution in [0.25, 0.3) is 10.1 Å². The van der Waals surface area contributed by atoms with Crippen molar-refractivity contribution in [3.05, 3.63) is 52.9 Å². The predicted octanol–water partition coefficient (Wildman–Crippen LogP) is 5.09. The molecule has 6 nitrogen and oxygen atoms in total. The molecular weight excluding hydrogens is 424 g/mol. The van der Waals surface area contributed by atoms with E-state index in [4.69, 9.17) is 19.5 Å². The zero-order chi connectivity index (χ0) is 23.1. The summed E-state index contributed by atoms with van der Waals surface area (Å²) in [6, 6.07) is 14.8. The van der Waals surface area contributed by atoms with Crippen LogP contribution in [0.1, 0.15) is 37.1 Å². The highest BCUT2D eigenvalue weighted by Gasteiger charge is 2.36. The third-order valence-electron chi connectivity index (χ3n) is 5.21. The fourth-order valence-corrected chi connectivity index (χ4v) is 4.64. The maximum absolute atomic E-state index is 13.2. The van der Waals surface area contributed by atoms with Gasteiger partial charge in [-0.3, -0.25) is 4.79 Å². The van der Waals surface area contributed by atoms with Gasteiger partial charge in [-0.05, 0) is 55.1 Å². The minimum Gasteiger partial charge on any atom is -0.493 e. The Bertz CT molecular complexity index is 1080. The lowest BCUT2D eigenvalue weighted by Gasteiger charge is -2.29. The molecule has 0 aliphatic carbocycles. The van der Waals surface area contributed by atoms with E-state index in [-0.39, 0.29) is 5.91 Å². The number of ether oxygens (including phenoxy) is 3. The Labute approximate surface area is 192 Å². The molecule has 1 atom stereocenters. The number of hydrogen-bond acceptors (Lipinski definition) is 6. The molecular formula is C25H28N2O4S. The van der Waals surface area contributed by atoms with Crippen LogP contribution >= 0.6 is 11.3 Å². The quantitative estimate of drug-likeness (QED) is 0.434. The van der Waals surface area contributed by atoms with Crippen molar-refractivity contribution in [1.82, 2.24) is 5.32 Å². The minimum absolute atomic E-state index is 0.164. The average Bonchev–Trinajstić information content (AvgIpc) is 3.19. The van der Waals surface area contributed by atoms with Crippen molar-refractivity contribution in [2.75, 3.05) is 20.8 Å². The van der Waals surface area contributed by atoms with Gasteiger partial charge >= 0.3 is 0 Å². The lowest BCUT2D eigenvalue weighted by molar-refractivity contribution is -0.135. The predicted molar refractivity (Wildman–Crippen MR) is 127 cm³/mol. The number of nitrogens with zero attached hydrogens (tertiary/aromatic N) is 1. The Morgan fingerprint density at radius 2 is 1.81 bits per heavy atom. The summed E-state index contributed by atoms with van der Waals surface area (Å²) >= 11 is 1.60. The standard InChI is InChI=1S/C25H28N2O4S/c1-5-6-11-27-24(28)25(2,31-19-9-7-17(16-26)8-10-19)15-20-12-18-13-21(29-3)22(30-4)14-23(18)32-20/h7-10,12-14H,5-6,11,15H2,1-4H3,(H,27,28). The number of hydrogen-bond donors (Lipinski definition) is 1. The Kier molecular flexibility index (Phi) is 7.60. The van der Waals surface area contributed by atoms with E-state index in [1.165, 1.54) is 0 Å². The van der Waals surface area contributed by atoms with Gasteiger partial charge in [-0.25, -0.2) is 0 Å². The van der Waals surface area contributed by atoms with Gasteiger partial charge in [-0.2, -0.15) is 5.26 Å². The van der Waals surface area contributed by atoms with Gasteiger partial charge in [0, 0.05) is 28.6 Å². The van der Waals surface area contributed by atoms with E-state index in [0.717, 1.165) is 27.8 Å². The van der Waals surface area contributed by atoms with Crippen LogP contribution in [0.3, 0.4) is 0 Å². The van der Waals surface area contributed by atoms with Gasteiger partial charge in [0.25, 0.3) is 5.91 Å². The monoisotopic (exact) mass is 452 g/mol. The largest absolute Gasteiger partial charge is 0.493 e. The van der Waals surface area contributed by atoms with Gasteiger partial charge in [-0.1, -0.05) is 13.3 Å². The van der Waals surface area contributed by atoms with Crippen LogP contribution in [0.15, 0.2) is 42.5 Å². The van der Waals surface area contributed by atoms with E-state index in [0.29, 0.717) is 35.8 Å². The molecule has 1 N–H and O–H groups in total. The molecule has 0 bridgehead atoms. The van der Waals surface area contributed by atoms with Crippen LogP contribution in [-0.2, 0) is 11.2 Å². The van der Waals surface area contributed by atoms with Crippen molar-refractivity contribution in [3.63, 3.8) is 0 Å². The van der Waals surface area contributed by atoms with Crippen LogP contribution in [-0.4, -0.2) is 32.3 Å². The second-order valence-electron chi connectivity index (χ2n) is 7.71. The van der Waals surface area contributed by atoms with Crippen molar-refractivity contribution >= 4 is 27.3 Å². The molecule has 0 saturated heterocycles. The summed E-state index contributed by atoms with van der Waals surface area (Å²) in [4.78, 5) is 14.2. The zero-order valence-electron chi connectivity index (χ0n) is 18.9. The highest BCUT2D eigenvalue weighted by Crippen LogP contribution is 2.37. The van der Waals surface area contributed by atoms with Crippen LogP contribution in [0.4, 0.5) is 0 Å². The molecule has 1 aromatic heterocycles. The highest BCUT2D eigenvalue weighted by molar-refractivity contribution is 7.19. The first-order valence-electron chi connectivity index (χ1n) is 10.5. The van der Waals surface area contributed by atoms with Crippen LogP contribution in [0, 0.1) is 11.3 Å². The van der Waals surface area contributed by atoms with E-state index in [9.17, 15) is 4.79 Å². The van der Waals surface area contributed by atoms with E-state index >= 15 is 0 Å². The van der Waals surface area contributed by atoms with Crippen molar-refractivity contribution in [2.45, 2.75) is 38.7 Å². The van der Waals surface area contributed by atoms with Crippen molar-refractivity contribution in [3.8, 4) is 23.3 Å². The summed E-state index contributed by atoms with van der Waals surface area (Å²) in [5, 5.41) is 13.1. The average molecular weight is 453 g/mol. The number of benzene rings is 2. The fraction of sp³-hybridized carbons (Fsp3) is 0.360. The van der Waals surface area contributed by atoms with Crippen LogP contribution in [0.2, 0.25) is 0 Å². The molecule has 168 valence electrons. The summed E-state index contributed by atoms with van der Waals surface area (Å²) in [5.41, 5.74) is -0.574. The number of methoxy groups -OCH3 is 2. The van der Waals surface area contributed by atoms with E-state index in [1.807, 2.05) is 12.1 Å². The Morgan fingerprint density at radius 1 is 1.12 bits per heavy atom. The Hall–Kier alpha value is -3.24. The van der Waals surface area contributed by atoms with E-state index in [1.54, 1.807) is 56.7 Å². The van der Waals surface area contributed by atoms with E-state index < -0.39 is 5.60 Å². The minimum atomic E-state index is -1.11. The molecule has 1 heterocycles. The third kappa shape index (κ3) is 5.32. The maximum atomic E-state index is 13.2. The van der Waals surface area contributed by atoms with Gasteiger partial charge in [0.2, 0.25) is 0 Å². The molecule has 0 spiro atoms. The first-order chi connectivity index (χ1) is 15.4. The SMILES string of the molecule is CCCCNC(=O)C(C)(Cc1cc2cc(OC)c(OC)cc2s1)Oc1ccc(C#N)cc1. The molecule has 1 unspecified atom stereocenters. The molecule has 0 radical (unpaired) electrons. The molecule has 7 heteroatoms. The lowest BCUT2D eigenvalue weighted by atomic mass is 9.99. The normalized spacial score (nSPS) is 12.6. The molecule has 1 amide bonds. The summed E-state index contributed by atoms with van der Waals surface area (Å²) in [7, 11) is 3.22. The Balaban J connectivity index is 1.91. The molecule has 3 rings (SSSR count). The molecule has 3 aromatic rings. The third-order valence-corrected chi connectivity index (χ3v) is 6.31. The number of nitrogens with one attached hydrogen (secondary N) is 1. The van der Waals surface area contributed by atoms with Crippen molar-refractivity contribution < 1.29 is 19.0 Å². The first kappa shape index (κ1) is 23.4. The second kappa shape index (κ2) is 10.4.